The number of hydrogen-bond acceptors (Lipinski definition) is 5. The fraction of sp³-hybridized carbons (Fsp3) is 0.0345. The summed E-state index contributed by atoms with van der Waals surface area (Å²) < 4.78 is 0. The summed E-state index contributed by atoms with van der Waals surface area (Å²) in [6.45, 7) is 0. The van der Waals surface area contributed by atoms with E-state index in [-0.39, 0.29) is 0 Å². The van der Waals surface area contributed by atoms with E-state index in [1.165, 1.54) is 65.4 Å². The Morgan fingerprint density at radius 2 is 0.762 bits per heavy atom. The lowest BCUT2D eigenvalue weighted by Gasteiger charge is -2.51. The molecule has 13 rings (SSSR count). The molecule has 2 spiro atoms. The molecule has 0 radical (unpaired) electrons. The first-order chi connectivity index (χ1) is 31.2. The molecule has 0 amide bonds. The van der Waals surface area contributed by atoms with Gasteiger partial charge in [0.25, 0.3) is 0 Å². The van der Waals surface area contributed by atoms with E-state index in [1.807, 2.05) is 60.4 Å². The summed E-state index contributed by atoms with van der Waals surface area (Å²) in [5.41, 5.74) is 16.6. The van der Waals surface area contributed by atoms with Crippen LogP contribution in [0.1, 0.15) is 44.5 Å². The van der Waals surface area contributed by atoms with Crippen molar-refractivity contribution in [3.63, 3.8) is 0 Å². The number of hydrogen-bond donors (Lipinski definition) is 0. The molecule has 4 nitrogen and oxygen atoms in total. The van der Waals surface area contributed by atoms with Crippen LogP contribution >= 0.6 is 11.8 Å². The molecule has 3 heterocycles. The van der Waals surface area contributed by atoms with Crippen molar-refractivity contribution in [2.24, 2.45) is 0 Å². The Kier molecular flexibility index (Phi) is 7.93. The van der Waals surface area contributed by atoms with Crippen molar-refractivity contribution >= 4 is 11.8 Å². The number of benzene rings is 8. The zero-order valence-electron chi connectivity index (χ0n) is 34.0. The molecule has 0 saturated heterocycles. The summed E-state index contributed by atoms with van der Waals surface area (Å²) in [5, 5.41) is 0. The van der Waals surface area contributed by atoms with Crippen LogP contribution in [0.2, 0.25) is 0 Å². The molecule has 0 N–H and O–H groups in total. The molecule has 0 fully saturated rings. The second kappa shape index (κ2) is 13.9. The predicted molar refractivity (Wildman–Crippen MR) is 253 cm³/mol. The third-order valence-electron chi connectivity index (χ3n) is 13.3. The molecule has 0 saturated carbocycles. The molecule has 3 aliphatic rings. The standard InChI is InChI=1S/C58H36N4S/c1-2-17-37(18-3-1)54-60-55(39-20-16-19-38(35-39)51-30-14-15-34-59-51)62-56(61-54)40-32-33-50-53(36-40)63-52-31-13-12-29-49(52)58(50)47-27-10-8-25-45(47)57(46-26-9-11-28-48(46)58)43-23-6-4-21-41(43)42-22-5-7-24-44(42)57/h1-36H. The topological polar surface area (TPSA) is 51.6 Å². The summed E-state index contributed by atoms with van der Waals surface area (Å²) >= 11 is 1.83. The lowest BCUT2D eigenvalue weighted by molar-refractivity contribution is 0.605. The molecule has 294 valence electrons. The third-order valence-corrected chi connectivity index (χ3v) is 14.5. The van der Waals surface area contributed by atoms with E-state index >= 15 is 0 Å². The fourth-order valence-corrected chi connectivity index (χ4v) is 12.1. The highest BCUT2D eigenvalue weighted by atomic mass is 32.2. The van der Waals surface area contributed by atoms with Gasteiger partial charge in [-0.2, -0.15) is 0 Å². The highest BCUT2D eigenvalue weighted by Gasteiger charge is 2.58. The molecule has 1 aliphatic heterocycles. The maximum Gasteiger partial charge on any atom is 0.164 e. The number of nitrogens with zero attached hydrogens (tertiary/aromatic N) is 4. The molecule has 10 aromatic rings. The van der Waals surface area contributed by atoms with Crippen LogP contribution in [-0.4, -0.2) is 19.9 Å². The van der Waals surface area contributed by atoms with E-state index in [4.69, 9.17) is 15.0 Å². The Morgan fingerprint density at radius 3 is 1.38 bits per heavy atom. The zero-order chi connectivity index (χ0) is 41.5. The summed E-state index contributed by atoms with van der Waals surface area (Å²) in [6, 6.07) is 76.9. The van der Waals surface area contributed by atoms with E-state index in [0.717, 1.165) is 27.9 Å². The second-order valence-corrected chi connectivity index (χ2v) is 17.5. The fourth-order valence-electron chi connectivity index (χ4n) is 10.8. The van der Waals surface area contributed by atoms with Gasteiger partial charge in [-0.15, -0.1) is 0 Å². The Labute approximate surface area is 370 Å². The van der Waals surface area contributed by atoms with Gasteiger partial charge in [0.1, 0.15) is 0 Å². The molecule has 0 atom stereocenters. The maximum absolute atomic E-state index is 5.24. The first-order valence-corrected chi connectivity index (χ1v) is 22.2. The van der Waals surface area contributed by atoms with Crippen LogP contribution in [0.4, 0.5) is 0 Å². The van der Waals surface area contributed by atoms with Crippen LogP contribution in [0, 0.1) is 0 Å². The van der Waals surface area contributed by atoms with Crippen LogP contribution in [0.25, 0.3) is 56.5 Å². The molecule has 8 aromatic carbocycles. The van der Waals surface area contributed by atoms with E-state index in [0.29, 0.717) is 17.5 Å². The van der Waals surface area contributed by atoms with Crippen LogP contribution < -0.4 is 0 Å². The van der Waals surface area contributed by atoms with E-state index in [1.54, 1.807) is 0 Å². The minimum absolute atomic E-state index is 0.492. The molecule has 2 aliphatic carbocycles. The third kappa shape index (κ3) is 5.11. The van der Waals surface area contributed by atoms with Crippen molar-refractivity contribution < 1.29 is 0 Å². The first-order valence-electron chi connectivity index (χ1n) is 21.4. The lowest BCUT2D eigenvalue weighted by Crippen LogP contribution is -2.45. The molecule has 2 aromatic heterocycles. The van der Waals surface area contributed by atoms with E-state index in [2.05, 4.69) is 175 Å². The normalized spacial score (nSPS) is 14.2. The average molecular weight is 821 g/mol. The highest BCUT2D eigenvalue weighted by Crippen LogP contribution is 2.67. The van der Waals surface area contributed by atoms with Crippen LogP contribution in [0.3, 0.4) is 0 Å². The van der Waals surface area contributed by atoms with Crippen molar-refractivity contribution in [1.82, 2.24) is 19.9 Å². The van der Waals surface area contributed by atoms with Gasteiger partial charge < -0.3 is 0 Å². The van der Waals surface area contributed by atoms with Gasteiger partial charge in [-0.1, -0.05) is 194 Å². The summed E-state index contributed by atoms with van der Waals surface area (Å²) in [7, 11) is 0. The minimum Gasteiger partial charge on any atom is -0.256 e. The zero-order valence-corrected chi connectivity index (χ0v) is 34.8. The minimum atomic E-state index is -0.605. The van der Waals surface area contributed by atoms with Gasteiger partial charge in [0.15, 0.2) is 17.5 Å². The monoisotopic (exact) mass is 820 g/mol. The van der Waals surface area contributed by atoms with Crippen molar-refractivity contribution in [2.45, 2.75) is 20.6 Å². The van der Waals surface area contributed by atoms with E-state index < -0.39 is 10.8 Å². The largest absolute Gasteiger partial charge is 0.256 e. The molecular weight excluding hydrogens is 785 g/mol. The second-order valence-electron chi connectivity index (χ2n) is 16.5. The SMILES string of the molecule is c1ccc(-c2nc(-c3cccc(-c4ccccn4)c3)nc(-c3ccc4c(c3)Sc3ccccc3C43c4ccccc4C4(c5ccccc5-c5ccccc54)c4ccccc43)n2)cc1. The molecular formula is C58H36N4S. The molecule has 5 heteroatoms. The first kappa shape index (κ1) is 36.0. The molecule has 63 heavy (non-hydrogen) atoms. The quantitative estimate of drug-likeness (QED) is 0.177. The number of rotatable bonds is 4. The van der Waals surface area contributed by atoms with Crippen molar-refractivity contribution in [3.8, 4) is 56.5 Å². The highest BCUT2D eigenvalue weighted by molar-refractivity contribution is 7.99. The average Bonchev–Trinajstić information content (AvgIpc) is 3.66. The van der Waals surface area contributed by atoms with E-state index in [9.17, 15) is 0 Å². The van der Waals surface area contributed by atoms with Gasteiger partial charge in [-0.3, -0.25) is 4.98 Å². The number of aromatic nitrogens is 4. The van der Waals surface area contributed by atoms with Crippen LogP contribution in [0.5, 0.6) is 0 Å². The Morgan fingerprint density at radius 1 is 0.302 bits per heavy atom. The number of fused-ring (bicyclic) bond motifs is 15. The lowest BCUT2D eigenvalue weighted by atomic mass is 9.51. The summed E-state index contributed by atoms with van der Waals surface area (Å²) in [4.78, 5) is 22.6. The van der Waals surface area contributed by atoms with Gasteiger partial charge in [0.05, 0.1) is 16.5 Å². The van der Waals surface area contributed by atoms with Gasteiger partial charge in [0.2, 0.25) is 0 Å². The summed E-state index contributed by atoms with van der Waals surface area (Å²) in [5.74, 6) is 1.87. The maximum atomic E-state index is 5.24. The predicted octanol–water partition coefficient (Wildman–Crippen LogP) is 13.5. The smallest absolute Gasteiger partial charge is 0.164 e. The Balaban J connectivity index is 1.05. The van der Waals surface area contributed by atoms with Gasteiger partial charge >= 0.3 is 0 Å². The van der Waals surface area contributed by atoms with Gasteiger partial charge in [-0.05, 0) is 86.0 Å². The molecule has 0 unspecified atom stereocenters. The van der Waals surface area contributed by atoms with Crippen molar-refractivity contribution in [3.05, 3.63) is 263 Å². The van der Waals surface area contributed by atoms with Crippen molar-refractivity contribution in [2.75, 3.05) is 0 Å². The van der Waals surface area contributed by atoms with Crippen molar-refractivity contribution in [1.29, 1.82) is 0 Å². The summed E-state index contributed by atoms with van der Waals surface area (Å²) in [6.07, 6.45) is 1.82. The van der Waals surface area contributed by atoms with Crippen LogP contribution in [-0.2, 0) is 10.8 Å². The van der Waals surface area contributed by atoms with Gasteiger partial charge in [0, 0.05) is 38.2 Å². The Hall–Kier alpha value is -7.73. The molecule has 0 bridgehead atoms. The Bertz CT molecular complexity index is 3360. The van der Waals surface area contributed by atoms with Crippen LogP contribution in [0.15, 0.2) is 228 Å². The van der Waals surface area contributed by atoms with Gasteiger partial charge in [-0.25, -0.2) is 15.0 Å². The number of pyridine rings is 1.